The minimum absolute atomic E-state index is 2.32. The molecule has 0 N–H and O–H groups in total. The maximum absolute atomic E-state index is 13.3. The van der Waals surface area contributed by atoms with Crippen LogP contribution in [0.1, 0.15) is 0 Å². The molecule has 128 valence electrons. The predicted octanol–water partition coefficient (Wildman–Crippen LogP) is 4.03. The van der Waals surface area contributed by atoms with Crippen molar-refractivity contribution in [3.63, 3.8) is 0 Å². The molecular weight excluding hydrogens is 356 g/mol. The number of carbonyl (C=O) groups excluding carboxylic acids is 1. The van der Waals surface area contributed by atoms with Gasteiger partial charge in [0.05, 0.1) is 0 Å². The van der Waals surface area contributed by atoms with Crippen molar-refractivity contribution in [3.05, 3.63) is 11.4 Å². The lowest BCUT2D eigenvalue weighted by molar-refractivity contribution is -0.345. The largest absolute Gasteiger partial charge is 0.436 e. The third-order valence-corrected chi connectivity index (χ3v) is 2.50. The molecule has 0 aromatic heterocycles. The third-order valence-electron chi connectivity index (χ3n) is 2.50. The molecule has 0 aliphatic carbocycles. The molecule has 0 aromatic rings. The summed E-state index contributed by atoms with van der Waals surface area (Å²) in [5, 5.41) is 0. The summed E-state index contributed by atoms with van der Waals surface area (Å²) in [6.07, 6.45) is -26.8. The Balaban J connectivity index is 3.98. The van der Waals surface area contributed by atoms with E-state index in [2.05, 4.69) is 4.74 Å². The van der Waals surface area contributed by atoms with Gasteiger partial charge >= 0.3 is 36.0 Å². The Morgan fingerprint density at radius 3 is 1.45 bits per heavy atom. The van der Waals surface area contributed by atoms with Crippen molar-refractivity contribution in [1.82, 2.24) is 0 Å². The molecule has 0 fully saturated rings. The Labute approximate surface area is 111 Å². The third kappa shape index (κ3) is 2.27. The zero-order valence-corrected chi connectivity index (χ0v) is 9.35. The van der Waals surface area contributed by atoms with Crippen molar-refractivity contribution >= 4 is 5.97 Å². The molecule has 0 spiro atoms. The van der Waals surface area contributed by atoms with Gasteiger partial charge in [0.25, 0.3) is 0 Å². The van der Waals surface area contributed by atoms with Crippen LogP contribution in [0, 0.1) is 5.41 Å². The quantitative estimate of drug-likeness (QED) is 0.484. The number of alkyl halides is 11. The molecule has 0 bridgehead atoms. The number of carbonyl (C=O) groups is 1. The number of cyclic esters (lactones) is 1. The van der Waals surface area contributed by atoms with Crippen LogP contribution in [0.5, 0.6) is 0 Å². The van der Waals surface area contributed by atoms with E-state index < -0.39 is 47.4 Å². The minimum Gasteiger partial charge on any atom is -0.396 e. The van der Waals surface area contributed by atoms with Crippen molar-refractivity contribution < 1.29 is 62.2 Å². The van der Waals surface area contributed by atoms with Crippen LogP contribution in [0.25, 0.3) is 0 Å². The van der Waals surface area contributed by atoms with E-state index in [1.807, 2.05) is 0 Å². The van der Waals surface area contributed by atoms with E-state index in [4.69, 9.17) is 0 Å². The van der Waals surface area contributed by atoms with Gasteiger partial charge in [0.15, 0.2) is 11.4 Å². The second kappa shape index (κ2) is 4.44. The number of ether oxygens (including phenoxy) is 1. The molecule has 0 amide bonds. The van der Waals surface area contributed by atoms with E-state index in [0.717, 1.165) is 0 Å². The van der Waals surface area contributed by atoms with Crippen LogP contribution < -0.4 is 0 Å². The van der Waals surface area contributed by atoms with Crippen LogP contribution in [0.3, 0.4) is 0 Å². The molecule has 22 heavy (non-hydrogen) atoms. The van der Waals surface area contributed by atoms with Gasteiger partial charge in [-0.05, 0) is 0 Å². The molecule has 0 unspecified atom stereocenters. The Bertz CT molecular complexity index is 505. The molecule has 1 heterocycles. The van der Waals surface area contributed by atoms with Crippen LogP contribution in [0.4, 0.5) is 52.7 Å². The number of rotatable bonds is 0. The Kier molecular flexibility index (Phi) is 3.72. The lowest BCUT2D eigenvalue weighted by atomic mass is 9.80. The van der Waals surface area contributed by atoms with Crippen molar-refractivity contribution in [2.45, 2.75) is 24.6 Å². The highest BCUT2D eigenvalue weighted by Crippen LogP contribution is 2.62. The second-order valence-corrected chi connectivity index (χ2v) is 3.84. The molecule has 2 nitrogen and oxygen atoms in total. The molecule has 14 heteroatoms. The highest BCUT2D eigenvalue weighted by Gasteiger charge is 2.84. The van der Waals surface area contributed by atoms with Crippen molar-refractivity contribution in [3.8, 4) is 0 Å². The molecule has 1 aliphatic rings. The Morgan fingerprint density at radius 1 is 0.818 bits per heavy atom. The smallest absolute Gasteiger partial charge is 0.396 e. The lowest BCUT2D eigenvalue weighted by Crippen LogP contribution is -2.62. The number of hydrogen-bond acceptors (Lipinski definition) is 2. The molecule has 0 saturated carbocycles. The SMILES string of the molecule is O=C1OC(F)(F)C(C(F)(F)F)=C(F)C1(C(F)(F)F)C(F)(F)F. The summed E-state index contributed by atoms with van der Waals surface area (Å²) in [5.41, 5.74) is -10.7. The molecule has 0 saturated heterocycles. The molecular formula is C8F12O2. The second-order valence-electron chi connectivity index (χ2n) is 3.84. The van der Waals surface area contributed by atoms with Gasteiger partial charge in [-0.15, -0.1) is 0 Å². The minimum atomic E-state index is -7.06. The summed E-state index contributed by atoms with van der Waals surface area (Å²) >= 11 is 0. The van der Waals surface area contributed by atoms with Gasteiger partial charge in [0.2, 0.25) is 0 Å². The van der Waals surface area contributed by atoms with Crippen molar-refractivity contribution in [2.75, 3.05) is 0 Å². The zero-order valence-electron chi connectivity index (χ0n) is 9.35. The molecule has 1 aliphatic heterocycles. The van der Waals surface area contributed by atoms with Gasteiger partial charge in [-0.3, -0.25) is 4.79 Å². The molecule has 0 aromatic carbocycles. The van der Waals surface area contributed by atoms with Gasteiger partial charge in [0, 0.05) is 0 Å². The fourth-order valence-electron chi connectivity index (χ4n) is 1.58. The molecule has 0 atom stereocenters. The van der Waals surface area contributed by atoms with Gasteiger partial charge < -0.3 is 4.74 Å². The summed E-state index contributed by atoms with van der Waals surface area (Å²) in [5.74, 6) is -8.38. The van der Waals surface area contributed by atoms with E-state index in [0.29, 0.717) is 0 Å². The number of esters is 1. The summed E-state index contributed by atoms with van der Waals surface area (Å²) in [6.45, 7) is 0. The van der Waals surface area contributed by atoms with E-state index in [9.17, 15) is 57.5 Å². The normalized spacial score (nSPS) is 22.6. The van der Waals surface area contributed by atoms with E-state index in [-0.39, 0.29) is 0 Å². The number of hydrogen-bond donors (Lipinski definition) is 0. The van der Waals surface area contributed by atoms with Crippen molar-refractivity contribution in [1.29, 1.82) is 0 Å². The first-order valence-corrected chi connectivity index (χ1v) is 4.63. The van der Waals surface area contributed by atoms with Gasteiger partial charge in [-0.1, -0.05) is 0 Å². The zero-order chi connectivity index (χ0) is 17.9. The maximum atomic E-state index is 13.3. The average Bonchev–Trinajstić information content (AvgIpc) is 2.05. The summed E-state index contributed by atoms with van der Waals surface area (Å²) < 4.78 is 153. The Morgan fingerprint density at radius 2 is 1.18 bits per heavy atom. The van der Waals surface area contributed by atoms with Crippen LogP contribution in [-0.2, 0) is 9.53 Å². The van der Waals surface area contributed by atoms with Crippen molar-refractivity contribution in [2.24, 2.45) is 5.41 Å². The van der Waals surface area contributed by atoms with Crippen LogP contribution in [-0.4, -0.2) is 30.6 Å². The fraction of sp³-hybridized carbons (Fsp3) is 0.625. The van der Waals surface area contributed by atoms with E-state index in [1.54, 1.807) is 0 Å². The van der Waals surface area contributed by atoms with Crippen LogP contribution in [0.15, 0.2) is 11.4 Å². The van der Waals surface area contributed by atoms with E-state index >= 15 is 0 Å². The summed E-state index contributed by atoms with van der Waals surface area (Å²) in [4.78, 5) is 10.7. The fourth-order valence-corrected chi connectivity index (χ4v) is 1.58. The summed E-state index contributed by atoms with van der Waals surface area (Å²) in [7, 11) is 0. The Hall–Kier alpha value is -1.63. The molecule has 1 rings (SSSR count). The van der Waals surface area contributed by atoms with E-state index in [1.165, 1.54) is 0 Å². The standard InChI is InChI=1S/C8F12O2/c9-2-1(5(10,11)12)6(13,14)22-3(21)4(2,7(15,16)17)8(18,19)20. The first-order valence-electron chi connectivity index (χ1n) is 4.63. The monoisotopic (exact) mass is 356 g/mol. The highest BCUT2D eigenvalue weighted by atomic mass is 19.4. The van der Waals surface area contributed by atoms with Crippen LogP contribution in [0.2, 0.25) is 0 Å². The lowest BCUT2D eigenvalue weighted by Gasteiger charge is -2.39. The average molecular weight is 356 g/mol. The van der Waals surface area contributed by atoms with Crippen LogP contribution >= 0.6 is 0 Å². The topological polar surface area (TPSA) is 26.3 Å². The molecule has 0 radical (unpaired) electrons. The first kappa shape index (κ1) is 18.4. The predicted molar refractivity (Wildman–Crippen MR) is 39.8 cm³/mol. The maximum Gasteiger partial charge on any atom is 0.436 e. The van der Waals surface area contributed by atoms with Gasteiger partial charge in [-0.2, -0.15) is 48.3 Å². The summed E-state index contributed by atoms with van der Waals surface area (Å²) in [6, 6.07) is 0. The van der Waals surface area contributed by atoms with Gasteiger partial charge in [-0.25, -0.2) is 4.39 Å². The number of halogens is 12. The highest BCUT2D eigenvalue weighted by molar-refractivity contribution is 5.84. The first-order chi connectivity index (χ1) is 9.40. The van der Waals surface area contributed by atoms with Gasteiger partial charge in [0.1, 0.15) is 0 Å².